The van der Waals surface area contributed by atoms with E-state index in [-0.39, 0.29) is 11.8 Å². The first-order chi connectivity index (χ1) is 13.6. The number of benzene rings is 1. The van der Waals surface area contributed by atoms with Crippen molar-refractivity contribution in [1.29, 1.82) is 0 Å². The monoisotopic (exact) mass is 396 g/mol. The normalized spacial score (nSPS) is 16.9. The van der Waals surface area contributed by atoms with E-state index in [4.69, 9.17) is 16.0 Å². The second-order valence-electron chi connectivity index (χ2n) is 7.05. The molecule has 0 saturated carbocycles. The Morgan fingerprint density at radius 1 is 1.25 bits per heavy atom. The standard InChI is InChI=1S/C21H21ClN4O2/c1-14-23-9-8-19(25-14)21(27)26-10-2-3-16(13-26)20-24-12-18(28-20)11-15-4-6-17(22)7-5-15/h4-9,12,16H,2-3,10-11,13H2,1H3. The Labute approximate surface area is 168 Å². The number of halogens is 1. The van der Waals surface area contributed by atoms with Crippen LogP contribution in [-0.2, 0) is 6.42 Å². The molecule has 0 bridgehead atoms. The number of oxazole rings is 1. The van der Waals surface area contributed by atoms with Gasteiger partial charge in [-0.2, -0.15) is 0 Å². The predicted molar refractivity (Wildman–Crippen MR) is 105 cm³/mol. The highest BCUT2D eigenvalue weighted by Crippen LogP contribution is 2.28. The lowest BCUT2D eigenvalue weighted by Gasteiger charge is -2.31. The fourth-order valence-electron chi connectivity index (χ4n) is 3.50. The molecule has 1 amide bonds. The number of hydrogen-bond donors (Lipinski definition) is 0. The minimum absolute atomic E-state index is 0.0665. The highest BCUT2D eigenvalue weighted by Gasteiger charge is 2.29. The Morgan fingerprint density at radius 3 is 2.86 bits per heavy atom. The lowest BCUT2D eigenvalue weighted by atomic mass is 9.97. The largest absolute Gasteiger partial charge is 0.445 e. The van der Waals surface area contributed by atoms with Crippen LogP contribution in [0.2, 0.25) is 5.02 Å². The van der Waals surface area contributed by atoms with Gasteiger partial charge in [0.05, 0.1) is 12.1 Å². The van der Waals surface area contributed by atoms with E-state index in [2.05, 4.69) is 15.0 Å². The molecule has 3 aromatic rings. The summed E-state index contributed by atoms with van der Waals surface area (Å²) in [7, 11) is 0. The molecule has 1 atom stereocenters. The van der Waals surface area contributed by atoms with Gasteiger partial charge in [0.2, 0.25) is 0 Å². The molecule has 2 aromatic heterocycles. The van der Waals surface area contributed by atoms with Crippen LogP contribution in [0.4, 0.5) is 0 Å². The van der Waals surface area contributed by atoms with Crippen LogP contribution in [0.3, 0.4) is 0 Å². The Balaban J connectivity index is 1.44. The minimum atomic E-state index is -0.0665. The molecule has 6 nitrogen and oxygen atoms in total. The summed E-state index contributed by atoms with van der Waals surface area (Å²) in [4.78, 5) is 27.4. The average molecular weight is 397 g/mol. The van der Waals surface area contributed by atoms with Crippen molar-refractivity contribution in [2.45, 2.75) is 32.1 Å². The van der Waals surface area contributed by atoms with Crippen LogP contribution in [-0.4, -0.2) is 38.8 Å². The Morgan fingerprint density at radius 2 is 2.07 bits per heavy atom. The number of aromatic nitrogens is 3. The van der Waals surface area contributed by atoms with Crippen molar-refractivity contribution in [3.05, 3.63) is 76.5 Å². The molecule has 0 spiro atoms. The van der Waals surface area contributed by atoms with E-state index in [0.29, 0.717) is 35.4 Å². The van der Waals surface area contributed by atoms with Gasteiger partial charge < -0.3 is 9.32 Å². The zero-order chi connectivity index (χ0) is 19.5. The number of likely N-dealkylation sites (tertiary alicyclic amines) is 1. The van der Waals surface area contributed by atoms with E-state index in [0.717, 1.165) is 30.7 Å². The quantitative estimate of drug-likeness (QED) is 0.665. The summed E-state index contributed by atoms with van der Waals surface area (Å²) >= 11 is 5.94. The first-order valence-electron chi connectivity index (χ1n) is 9.36. The molecule has 144 valence electrons. The molecule has 1 saturated heterocycles. The maximum absolute atomic E-state index is 12.8. The summed E-state index contributed by atoms with van der Waals surface area (Å²) in [6, 6.07) is 9.36. The number of amides is 1. The van der Waals surface area contributed by atoms with Crippen molar-refractivity contribution in [2.24, 2.45) is 0 Å². The van der Waals surface area contributed by atoms with Crippen molar-refractivity contribution < 1.29 is 9.21 Å². The molecule has 0 aliphatic carbocycles. The third kappa shape index (κ3) is 4.22. The second-order valence-corrected chi connectivity index (χ2v) is 7.48. The van der Waals surface area contributed by atoms with Gasteiger partial charge in [-0.05, 0) is 43.5 Å². The van der Waals surface area contributed by atoms with Gasteiger partial charge in [-0.25, -0.2) is 15.0 Å². The summed E-state index contributed by atoms with van der Waals surface area (Å²) in [6.07, 6.45) is 5.93. The predicted octanol–water partition coefficient (Wildman–Crippen LogP) is 4.04. The van der Waals surface area contributed by atoms with Gasteiger partial charge >= 0.3 is 0 Å². The van der Waals surface area contributed by atoms with Crippen LogP contribution in [0, 0.1) is 6.92 Å². The second kappa shape index (κ2) is 8.10. The van der Waals surface area contributed by atoms with E-state index in [9.17, 15) is 4.79 Å². The number of carbonyl (C=O) groups is 1. The summed E-state index contributed by atoms with van der Waals surface area (Å²) < 4.78 is 6.00. The van der Waals surface area contributed by atoms with Gasteiger partial charge in [0.15, 0.2) is 5.89 Å². The Bertz CT molecular complexity index is 971. The van der Waals surface area contributed by atoms with E-state index in [1.807, 2.05) is 29.2 Å². The molecule has 1 aromatic carbocycles. The number of rotatable bonds is 4. The van der Waals surface area contributed by atoms with Crippen molar-refractivity contribution in [3.63, 3.8) is 0 Å². The molecule has 0 N–H and O–H groups in total. The number of piperidine rings is 1. The molecule has 4 rings (SSSR count). The summed E-state index contributed by atoms with van der Waals surface area (Å²) in [6.45, 7) is 3.09. The fraction of sp³-hybridized carbons (Fsp3) is 0.333. The third-order valence-corrected chi connectivity index (χ3v) is 5.17. The van der Waals surface area contributed by atoms with Crippen molar-refractivity contribution in [3.8, 4) is 0 Å². The topological polar surface area (TPSA) is 72.1 Å². The van der Waals surface area contributed by atoms with Gasteiger partial charge in [-0.15, -0.1) is 0 Å². The maximum Gasteiger partial charge on any atom is 0.272 e. The molecule has 1 aliphatic heterocycles. The van der Waals surface area contributed by atoms with Gasteiger partial charge in [0.1, 0.15) is 17.3 Å². The lowest BCUT2D eigenvalue weighted by Crippen LogP contribution is -2.39. The van der Waals surface area contributed by atoms with E-state index in [1.54, 1.807) is 25.4 Å². The fourth-order valence-corrected chi connectivity index (χ4v) is 3.62. The first-order valence-corrected chi connectivity index (χ1v) is 9.74. The smallest absolute Gasteiger partial charge is 0.272 e. The molecular formula is C21H21ClN4O2. The van der Waals surface area contributed by atoms with Crippen molar-refractivity contribution in [2.75, 3.05) is 13.1 Å². The number of aryl methyl sites for hydroxylation is 1. The van der Waals surface area contributed by atoms with Crippen LogP contribution in [0.15, 0.2) is 47.1 Å². The van der Waals surface area contributed by atoms with E-state index in [1.165, 1.54) is 0 Å². The van der Waals surface area contributed by atoms with Crippen LogP contribution in [0.25, 0.3) is 0 Å². The Hall–Kier alpha value is -2.73. The van der Waals surface area contributed by atoms with Crippen molar-refractivity contribution >= 4 is 17.5 Å². The summed E-state index contributed by atoms with van der Waals surface area (Å²) in [5.41, 5.74) is 1.55. The zero-order valence-electron chi connectivity index (χ0n) is 15.6. The van der Waals surface area contributed by atoms with Gasteiger partial charge in [0, 0.05) is 30.7 Å². The molecule has 7 heteroatoms. The highest BCUT2D eigenvalue weighted by atomic mass is 35.5. The molecule has 1 aliphatic rings. The molecule has 28 heavy (non-hydrogen) atoms. The number of nitrogens with zero attached hydrogens (tertiary/aromatic N) is 4. The third-order valence-electron chi connectivity index (χ3n) is 4.92. The SMILES string of the molecule is Cc1nccc(C(=O)N2CCCC(c3ncc(Cc4ccc(Cl)cc4)o3)C2)n1. The lowest BCUT2D eigenvalue weighted by molar-refractivity contribution is 0.0691. The molecule has 1 fully saturated rings. The average Bonchev–Trinajstić information content (AvgIpc) is 3.18. The number of hydrogen-bond acceptors (Lipinski definition) is 5. The van der Waals surface area contributed by atoms with Crippen LogP contribution < -0.4 is 0 Å². The minimum Gasteiger partial charge on any atom is -0.445 e. The van der Waals surface area contributed by atoms with Gasteiger partial charge in [-0.1, -0.05) is 23.7 Å². The first kappa shape index (κ1) is 18.6. The molecule has 0 radical (unpaired) electrons. The number of carbonyl (C=O) groups excluding carboxylic acids is 1. The Kier molecular flexibility index (Phi) is 5.39. The van der Waals surface area contributed by atoms with Crippen LogP contribution in [0.1, 0.15) is 52.3 Å². The summed E-state index contributed by atoms with van der Waals surface area (Å²) in [5.74, 6) is 2.13. The zero-order valence-corrected chi connectivity index (χ0v) is 16.4. The summed E-state index contributed by atoms with van der Waals surface area (Å²) in [5, 5.41) is 0.716. The molecular weight excluding hydrogens is 376 g/mol. The van der Waals surface area contributed by atoms with Crippen LogP contribution >= 0.6 is 11.6 Å². The van der Waals surface area contributed by atoms with E-state index >= 15 is 0 Å². The van der Waals surface area contributed by atoms with Gasteiger partial charge in [-0.3, -0.25) is 4.79 Å². The molecule has 3 heterocycles. The van der Waals surface area contributed by atoms with Crippen molar-refractivity contribution in [1.82, 2.24) is 19.9 Å². The molecule has 1 unspecified atom stereocenters. The van der Waals surface area contributed by atoms with Gasteiger partial charge in [0.25, 0.3) is 5.91 Å². The maximum atomic E-state index is 12.8. The van der Waals surface area contributed by atoms with Crippen LogP contribution in [0.5, 0.6) is 0 Å². The van der Waals surface area contributed by atoms with E-state index < -0.39 is 0 Å². The highest BCUT2D eigenvalue weighted by molar-refractivity contribution is 6.30.